The Morgan fingerprint density at radius 2 is 1.46 bits per heavy atom. The van der Waals surface area contributed by atoms with Gasteiger partial charge in [0.25, 0.3) is 11.8 Å². The molecule has 8 heteroatoms. The fourth-order valence-electron chi connectivity index (χ4n) is 3.57. The maximum Gasteiger partial charge on any atom is 0.260 e. The molecule has 1 aliphatic rings. The Hall–Kier alpha value is -1.20. The number of nitrogens with zero attached hydrogens (tertiary/aromatic N) is 3. The molecule has 2 amide bonds. The monoisotopic (exact) mass is 399 g/mol. The van der Waals surface area contributed by atoms with Crippen molar-refractivity contribution in [1.82, 2.24) is 19.1 Å². The average molecular weight is 400 g/mol. The summed E-state index contributed by atoms with van der Waals surface area (Å²) in [6, 6.07) is 7.02. The van der Waals surface area contributed by atoms with E-state index in [2.05, 4.69) is 42.1 Å². The highest BCUT2D eigenvalue weighted by Gasteiger charge is 2.50. The van der Waals surface area contributed by atoms with Crippen LogP contribution in [0.3, 0.4) is 0 Å². The number of nitrogens with one attached hydrogen (secondary N) is 1. The summed E-state index contributed by atoms with van der Waals surface area (Å²) in [4.78, 5) is 26.7. The van der Waals surface area contributed by atoms with Gasteiger partial charge >= 0.3 is 0 Å². The SMILES string of the molecule is CCN(CC)[P]1(N(CC)CC)NC(=O)c2ccccc2C(=O)N1CCCl. The van der Waals surface area contributed by atoms with Crippen LogP contribution in [-0.2, 0) is 0 Å². The Kier molecular flexibility index (Phi) is 7.42. The summed E-state index contributed by atoms with van der Waals surface area (Å²) in [5.41, 5.74) is 0.870. The molecule has 0 bridgehead atoms. The van der Waals surface area contributed by atoms with Gasteiger partial charge in [-0.2, -0.15) is 0 Å². The van der Waals surface area contributed by atoms with Crippen LogP contribution in [0.1, 0.15) is 48.4 Å². The van der Waals surface area contributed by atoms with E-state index in [0.717, 1.165) is 26.2 Å². The first-order valence-corrected chi connectivity index (χ1v) is 11.4. The first-order valence-electron chi connectivity index (χ1n) is 9.21. The number of carbonyl (C=O) groups excluding carboxylic acids is 2. The van der Waals surface area contributed by atoms with E-state index in [9.17, 15) is 9.59 Å². The van der Waals surface area contributed by atoms with Gasteiger partial charge in [0.2, 0.25) is 0 Å². The summed E-state index contributed by atoms with van der Waals surface area (Å²) in [6.45, 7) is 11.5. The zero-order chi connectivity index (χ0) is 19.3. The van der Waals surface area contributed by atoms with Crippen LogP contribution in [0.4, 0.5) is 0 Å². The van der Waals surface area contributed by atoms with E-state index >= 15 is 0 Å². The van der Waals surface area contributed by atoms with Crippen molar-refractivity contribution >= 4 is 31.3 Å². The minimum absolute atomic E-state index is 0.133. The summed E-state index contributed by atoms with van der Waals surface area (Å²) in [6.07, 6.45) is 0. The quantitative estimate of drug-likeness (QED) is 0.537. The first-order chi connectivity index (χ1) is 12.5. The third-order valence-corrected chi connectivity index (χ3v) is 9.21. The lowest BCUT2D eigenvalue weighted by Crippen LogP contribution is -2.53. The van der Waals surface area contributed by atoms with Crippen LogP contribution in [-0.4, -0.2) is 64.4 Å². The van der Waals surface area contributed by atoms with E-state index in [1.807, 2.05) is 4.67 Å². The highest BCUT2D eigenvalue weighted by molar-refractivity contribution is 7.68. The second-order valence-corrected chi connectivity index (χ2v) is 9.30. The van der Waals surface area contributed by atoms with Crippen molar-refractivity contribution in [3.05, 3.63) is 35.4 Å². The third-order valence-electron chi connectivity index (χ3n) is 4.77. The number of hydrogen-bond donors (Lipinski definition) is 1. The van der Waals surface area contributed by atoms with Crippen LogP contribution in [0, 0.1) is 0 Å². The van der Waals surface area contributed by atoms with Gasteiger partial charge in [0, 0.05) is 38.6 Å². The number of benzene rings is 1. The lowest BCUT2D eigenvalue weighted by molar-refractivity contribution is 0.0850. The highest BCUT2D eigenvalue weighted by Crippen LogP contribution is 2.65. The standard InChI is InChI=1S/C18H29ClN4O2P/c1-5-21(6-2)26(22(7-3)8-4)20-17(24)15-11-9-10-12-16(15)18(25)23(26)14-13-19/h9-12H,5-8,13-14H2,1-4H3,(H,20,24). The third kappa shape index (κ3) is 3.48. The molecular weight excluding hydrogens is 371 g/mol. The van der Waals surface area contributed by atoms with E-state index in [0.29, 0.717) is 23.6 Å². The fourth-order valence-corrected chi connectivity index (χ4v) is 7.94. The van der Waals surface area contributed by atoms with Crippen LogP contribution in [0.25, 0.3) is 0 Å². The average Bonchev–Trinajstić information content (AvgIpc) is 2.74. The Morgan fingerprint density at radius 3 is 1.92 bits per heavy atom. The van der Waals surface area contributed by atoms with Crippen molar-refractivity contribution in [2.75, 3.05) is 38.6 Å². The van der Waals surface area contributed by atoms with Crippen molar-refractivity contribution in [2.45, 2.75) is 27.7 Å². The molecule has 1 aromatic carbocycles. The molecule has 0 aliphatic carbocycles. The molecular formula is C18H29ClN4O2P. The number of halogens is 1. The Balaban J connectivity index is 2.75. The number of carbonyl (C=O) groups is 2. The lowest BCUT2D eigenvalue weighted by atomic mass is 10.1. The maximum absolute atomic E-state index is 13.5. The van der Waals surface area contributed by atoms with Crippen LogP contribution in [0.5, 0.6) is 0 Å². The second-order valence-electron chi connectivity index (χ2n) is 5.95. The van der Waals surface area contributed by atoms with Gasteiger partial charge in [-0.25, -0.2) is 9.34 Å². The second kappa shape index (κ2) is 9.14. The molecule has 1 aromatic rings. The van der Waals surface area contributed by atoms with E-state index in [-0.39, 0.29) is 11.8 Å². The van der Waals surface area contributed by atoms with E-state index in [4.69, 9.17) is 11.6 Å². The first kappa shape index (κ1) is 21.1. The number of alkyl halides is 1. The van der Waals surface area contributed by atoms with Gasteiger partial charge in [0.1, 0.15) is 0 Å². The molecule has 0 spiro atoms. The van der Waals surface area contributed by atoms with Crippen LogP contribution >= 0.6 is 19.5 Å². The minimum atomic E-state index is -2.61. The summed E-state index contributed by atoms with van der Waals surface area (Å²) < 4.78 is 6.26. The minimum Gasteiger partial charge on any atom is -0.296 e. The molecule has 1 radical (unpaired) electrons. The van der Waals surface area contributed by atoms with E-state index < -0.39 is 7.87 Å². The number of fused-ring (bicyclic) bond motifs is 1. The van der Waals surface area contributed by atoms with Gasteiger partial charge in [0.15, 0.2) is 7.87 Å². The van der Waals surface area contributed by atoms with E-state index in [1.165, 1.54) is 0 Å². The normalized spacial score (nSPS) is 16.7. The van der Waals surface area contributed by atoms with Crippen molar-refractivity contribution in [2.24, 2.45) is 0 Å². The largest absolute Gasteiger partial charge is 0.296 e. The predicted molar refractivity (Wildman–Crippen MR) is 108 cm³/mol. The van der Waals surface area contributed by atoms with Gasteiger partial charge < -0.3 is 0 Å². The lowest BCUT2D eigenvalue weighted by Gasteiger charge is -2.55. The van der Waals surface area contributed by atoms with Gasteiger partial charge in [-0.1, -0.05) is 39.8 Å². The summed E-state index contributed by atoms with van der Waals surface area (Å²) >= 11 is 6.10. The molecule has 1 N–H and O–H groups in total. The van der Waals surface area contributed by atoms with Crippen molar-refractivity contribution in [3.63, 3.8) is 0 Å². The van der Waals surface area contributed by atoms with Crippen molar-refractivity contribution in [3.8, 4) is 0 Å². The van der Waals surface area contributed by atoms with E-state index in [1.54, 1.807) is 24.3 Å². The Bertz CT molecular complexity index is 638. The fraction of sp³-hybridized carbons (Fsp3) is 0.556. The molecule has 0 saturated heterocycles. The Labute approximate surface area is 162 Å². The van der Waals surface area contributed by atoms with Crippen LogP contribution < -0.4 is 5.09 Å². The number of hydrogen-bond acceptors (Lipinski definition) is 4. The zero-order valence-electron chi connectivity index (χ0n) is 16.0. The molecule has 1 heterocycles. The molecule has 2 rings (SSSR count). The molecule has 0 aromatic heterocycles. The maximum atomic E-state index is 13.5. The molecule has 6 nitrogen and oxygen atoms in total. The van der Waals surface area contributed by atoms with Gasteiger partial charge in [-0.05, 0) is 12.1 Å². The molecule has 26 heavy (non-hydrogen) atoms. The number of rotatable bonds is 8. The van der Waals surface area contributed by atoms with Crippen molar-refractivity contribution < 1.29 is 9.59 Å². The zero-order valence-corrected chi connectivity index (χ0v) is 17.7. The molecule has 0 fully saturated rings. The highest BCUT2D eigenvalue weighted by atomic mass is 35.5. The topological polar surface area (TPSA) is 55.9 Å². The molecule has 145 valence electrons. The summed E-state index contributed by atoms with van der Waals surface area (Å²) in [7, 11) is -2.61. The van der Waals surface area contributed by atoms with Gasteiger partial charge in [-0.15, -0.1) is 11.6 Å². The Morgan fingerprint density at radius 1 is 0.962 bits per heavy atom. The van der Waals surface area contributed by atoms with Gasteiger partial charge in [-0.3, -0.25) is 19.3 Å². The predicted octanol–water partition coefficient (Wildman–Crippen LogP) is 3.47. The smallest absolute Gasteiger partial charge is 0.260 e. The van der Waals surface area contributed by atoms with Crippen LogP contribution in [0.15, 0.2) is 24.3 Å². The molecule has 1 aliphatic heterocycles. The summed E-state index contributed by atoms with van der Waals surface area (Å²) in [5, 5.41) is 3.29. The van der Waals surface area contributed by atoms with Gasteiger partial charge in [0.05, 0.1) is 11.1 Å². The van der Waals surface area contributed by atoms with Crippen LogP contribution in [0.2, 0.25) is 0 Å². The molecule has 0 saturated carbocycles. The summed E-state index contributed by atoms with van der Waals surface area (Å²) in [5.74, 6) is -0.0153. The number of amides is 2. The molecule has 0 atom stereocenters. The van der Waals surface area contributed by atoms with Crippen molar-refractivity contribution in [1.29, 1.82) is 0 Å². The molecule has 0 unspecified atom stereocenters.